The van der Waals surface area contributed by atoms with Gasteiger partial charge in [0.1, 0.15) is 23.1 Å². The maximum absolute atomic E-state index is 14.9. The first-order valence-corrected chi connectivity index (χ1v) is 12.5. The number of fused-ring (bicyclic) bond motifs is 1. The lowest BCUT2D eigenvalue weighted by molar-refractivity contribution is -0.126. The Bertz CT molecular complexity index is 1500. The molecule has 0 spiro atoms. The van der Waals surface area contributed by atoms with E-state index < -0.39 is 5.82 Å². The fourth-order valence-electron chi connectivity index (χ4n) is 3.85. The molecule has 2 aromatic carbocycles. The molecule has 0 fully saturated rings. The third-order valence-corrected chi connectivity index (χ3v) is 6.65. The van der Waals surface area contributed by atoms with E-state index in [9.17, 15) is 18.8 Å². The summed E-state index contributed by atoms with van der Waals surface area (Å²) in [6, 6.07) is 14.6. The van der Waals surface area contributed by atoms with Gasteiger partial charge in [-0.2, -0.15) is 0 Å². The highest BCUT2D eigenvalue weighted by molar-refractivity contribution is 7.21. The molecule has 0 unspecified atom stereocenters. The van der Waals surface area contributed by atoms with E-state index in [0.717, 1.165) is 0 Å². The SMILES string of the molecule is COc1ccccc1CC(=O)CC(=O)Cc1ccc(Oc2ccnc3cc(C(=O)NN(C)C)sc23)c(F)c1. The van der Waals surface area contributed by atoms with Gasteiger partial charge in [0, 0.05) is 44.8 Å². The molecule has 2 aromatic heterocycles. The Kier molecular flexibility index (Phi) is 8.45. The monoisotopic (exact) mass is 535 g/mol. The van der Waals surface area contributed by atoms with Gasteiger partial charge in [0.15, 0.2) is 11.6 Å². The molecule has 0 aliphatic heterocycles. The van der Waals surface area contributed by atoms with E-state index in [1.54, 1.807) is 56.6 Å². The topological polar surface area (TPSA) is 97.8 Å². The zero-order valence-corrected chi connectivity index (χ0v) is 21.9. The lowest BCUT2D eigenvalue weighted by Gasteiger charge is -2.10. The number of amides is 1. The molecular formula is C28H26FN3O5S. The number of aromatic nitrogens is 1. The maximum atomic E-state index is 14.9. The number of carbonyl (C=O) groups excluding carboxylic acids is 3. The van der Waals surface area contributed by atoms with Crippen LogP contribution in [0.4, 0.5) is 4.39 Å². The number of pyridine rings is 1. The van der Waals surface area contributed by atoms with Crippen molar-refractivity contribution in [2.75, 3.05) is 21.2 Å². The normalized spacial score (nSPS) is 11.0. The van der Waals surface area contributed by atoms with E-state index in [1.807, 2.05) is 0 Å². The van der Waals surface area contributed by atoms with Crippen LogP contribution in [-0.2, 0) is 22.4 Å². The van der Waals surface area contributed by atoms with Gasteiger partial charge in [0.05, 0.1) is 28.6 Å². The number of halogens is 1. The second-order valence-electron chi connectivity index (χ2n) is 8.76. The van der Waals surface area contributed by atoms with Crippen molar-refractivity contribution in [3.8, 4) is 17.2 Å². The van der Waals surface area contributed by atoms with E-state index >= 15 is 0 Å². The molecule has 0 aliphatic rings. The standard InChI is InChI=1S/C28H26FN3O5S/c1-32(2)31-28(35)26-16-22-27(38-26)25(10-11-30-22)37-24-9-8-17(13-21(24)29)12-19(33)15-20(34)14-18-6-4-5-7-23(18)36-3/h4-11,13,16H,12,14-15H2,1-3H3,(H,31,35). The molecule has 0 saturated heterocycles. The average Bonchev–Trinajstić information content (AvgIpc) is 3.31. The van der Waals surface area contributed by atoms with E-state index in [0.29, 0.717) is 37.7 Å². The summed E-state index contributed by atoms with van der Waals surface area (Å²) in [7, 11) is 4.94. The number of hydrogen-bond acceptors (Lipinski definition) is 8. The van der Waals surface area contributed by atoms with Crippen LogP contribution in [0, 0.1) is 5.82 Å². The smallest absolute Gasteiger partial charge is 0.275 e. The average molecular weight is 536 g/mol. The van der Waals surface area contributed by atoms with Gasteiger partial charge in [-0.25, -0.2) is 9.40 Å². The lowest BCUT2D eigenvalue weighted by atomic mass is 10.0. The summed E-state index contributed by atoms with van der Waals surface area (Å²) in [5.41, 5.74) is 4.37. The molecule has 10 heteroatoms. The van der Waals surface area contributed by atoms with Crippen LogP contribution in [0.5, 0.6) is 17.2 Å². The predicted molar refractivity (Wildman–Crippen MR) is 142 cm³/mol. The Labute approximate surface area is 223 Å². The Hall–Kier alpha value is -4.15. The molecule has 38 heavy (non-hydrogen) atoms. The summed E-state index contributed by atoms with van der Waals surface area (Å²) < 4.78 is 26.6. The van der Waals surface area contributed by atoms with Gasteiger partial charge in [0.25, 0.3) is 5.91 Å². The Balaban J connectivity index is 1.41. The molecular weight excluding hydrogens is 509 g/mol. The zero-order valence-electron chi connectivity index (χ0n) is 21.1. The van der Waals surface area contributed by atoms with Crippen molar-refractivity contribution in [1.29, 1.82) is 0 Å². The second-order valence-corrected chi connectivity index (χ2v) is 9.81. The number of nitrogens with zero attached hydrogens (tertiary/aromatic N) is 2. The minimum absolute atomic E-state index is 0.0337. The lowest BCUT2D eigenvalue weighted by Crippen LogP contribution is -2.35. The molecule has 0 atom stereocenters. The third kappa shape index (κ3) is 6.58. The van der Waals surface area contributed by atoms with Crippen LogP contribution < -0.4 is 14.9 Å². The Morgan fingerprint density at radius 3 is 2.47 bits per heavy atom. The van der Waals surface area contributed by atoms with Gasteiger partial charge in [0.2, 0.25) is 0 Å². The summed E-state index contributed by atoms with van der Waals surface area (Å²) >= 11 is 1.19. The second kappa shape index (κ2) is 11.9. The number of rotatable bonds is 11. The van der Waals surface area contributed by atoms with Crippen molar-refractivity contribution in [2.45, 2.75) is 19.3 Å². The van der Waals surface area contributed by atoms with Gasteiger partial charge < -0.3 is 9.47 Å². The number of carbonyl (C=O) groups is 3. The summed E-state index contributed by atoms with van der Waals surface area (Å²) in [4.78, 5) is 41.9. The quantitative estimate of drug-likeness (QED) is 0.219. The zero-order chi connectivity index (χ0) is 27.2. The molecule has 196 valence electrons. The van der Waals surface area contributed by atoms with Gasteiger partial charge in [-0.3, -0.25) is 24.8 Å². The van der Waals surface area contributed by atoms with E-state index in [-0.39, 0.29) is 42.5 Å². The largest absolute Gasteiger partial charge is 0.496 e. The van der Waals surface area contributed by atoms with E-state index in [1.165, 1.54) is 41.8 Å². The summed E-state index contributed by atoms with van der Waals surface area (Å²) in [6.45, 7) is 0. The highest BCUT2D eigenvalue weighted by atomic mass is 32.1. The molecule has 2 heterocycles. The Morgan fingerprint density at radius 2 is 1.74 bits per heavy atom. The van der Waals surface area contributed by atoms with E-state index in [2.05, 4.69) is 10.4 Å². The van der Waals surface area contributed by atoms with Gasteiger partial charge in [-0.1, -0.05) is 24.3 Å². The molecule has 0 aliphatic carbocycles. The van der Waals surface area contributed by atoms with Crippen molar-refractivity contribution in [3.63, 3.8) is 0 Å². The molecule has 0 bridgehead atoms. The number of thiophene rings is 1. The van der Waals surface area contributed by atoms with Crippen molar-refractivity contribution < 1.29 is 28.2 Å². The fourth-order valence-corrected chi connectivity index (χ4v) is 4.81. The number of ketones is 2. The van der Waals surface area contributed by atoms with Crippen LogP contribution in [0.1, 0.15) is 27.2 Å². The van der Waals surface area contributed by atoms with Crippen LogP contribution in [-0.4, -0.2) is 48.7 Å². The molecule has 8 nitrogen and oxygen atoms in total. The van der Waals surface area contributed by atoms with Crippen molar-refractivity contribution in [3.05, 3.63) is 82.6 Å². The number of Topliss-reactive ketones (excluding diaryl/α,β-unsaturated/α-hetero) is 2. The van der Waals surface area contributed by atoms with Crippen molar-refractivity contribution in [1.82, 2.24) is 15.4 Å². The summed E-state index contributed by atoms with van der Waals surface area (Å²) in [5, 5.41) is 1.54. The first-order chi connectivity index (χ1) is 18.2. The predicted octanol–water partition coefficient (Wildman–Crippen LogP) is 4.76. The van der Waals surface area contributed by atoms with Crippen LogP contribution in [0.15, 0.2) is 60.8 Å². The fraction of sp³-hybridized carbons (Fsp3) is 0.214. The highest BCUT2D eigenvalue weighted by Gasteiger charge is 2.17. The van der Waals surface area contributed by atoms with Gasteiger partial charge in [-0.15, -0.1) is 11.3 Å². The number of nitrogens with one attached hydrogen (secondary N) is 1. The molecule has 1 N–H and O–H groups in total. The number of hydrazine groups is 1. The summed E-state index contributed by atoms with van der Waals surface area (Å²) in [6.07, 6.45) is 1.27. The number of para-hydroxylation sites is 1. The molecule has 4 aromatic rings. The highest BCUT2D eigenvalue weighted by Crippen LogP contribution is 2.36. The molecule has 4 rings (SSSR count). The van der Waals surface area contributed by atoms with Crippen LogP contribution in [0.2, 0.25) is 0 Å². The summed E-state index contributed by atoms with van der Waals surface area (Å²) in [5.74, 6) is -0.573. The Morgan fingerprint density at radius 1 is 0.974 bits per heavy atom. The maximum Gasteiger partial charge on any atom is 0.275 e. The minimum atomic E-state index is -0.650. The van der Waals surface area contributed by atoms with Gasteiger partial charge >= 0.3 is 0 Å². The van der Waals surface area contributed by atoms with Crippen LogP contribution in [0.3, 0.4) is 0 Å². The van der Waals surface area contributed by atoms with E-state index in [4.69, 9.17) is 9.47 Å². The first-order valence-electron chi connectivity index (χ1n) is 11.7. The number of methoxy groups -OCH3 is 1. The van der Waals surface area contributed by atoms with Gasteiger partial charge in [-0.05, 0) is 29.8 Å². The van der Waals surface area contributed by atoms with Crippen LogP contribution in [0.25, 0.3) is 10.2 Å². The molecule has 0 radical (unpaired) electrons. The minimum Gasteiger partial charge on any atom is -0.496 e. The number of benzene rings is 2. The molecule has 0 saturated carbocycles. The third-order valence-electron chi connectivity index (χ3n) is 5.52. The number of hydrogen-bond donors (Lipinski definition) is 1. The molecule has 1 amide bonds. The first kappa shape index (κ1) is 26.9. The van der Waals surface area contributed by atoms with Crippen molar-refractivity contribution in [2.24, 2.45) is 0 Å². The number of ether oxygens (including phenoxy) is 2. The van der Waals surface area contributed by atoms with Crippen molar-refractivity contribution >= 4 is 39.0 Å². The van der Waals surface area contributed by atoms with Crippen LogP contribution >= 0.6 is 11.3 Å².